The van der Waals surface area contributed by atoms with E-state index in [0.717, 1.165) is 29.7 Å². The number of hydrogen-bond acceptors (Lipinski definition) is 6. The Kier molecular flexibility index (Phi) is 6.25. The van der Waals surface area contributed by atoms with Gasteiger partial charge in [-0.1, -0.05) is 19.1 Å². The first-order chi connectivity index (χ1) is 15.5. The van der Waals surface area contributed by atoms with Gasteiger partial charge in [0.25, 0.3) is 5.91 Å². The highest BCUT2D eigenvalue weighted by atomic mass is 19.1. The van der Waals surface area contributed by atoms with E-state index in [1.165, 1.54) is 0 Å². The molecule has 32 heavy (non-hydrogen) atoms. The average molecular weight is 433 g/mol. The quantitative estimate of drug-likeness (QED) is 0.705. The number of hydrogen-bond donors (Lipinski definition) is 2. The van der Waals surface area contributed by atoms with Crippen LogP contribution in [0.25, 0.3) is 11.6 Å². The van der Waals surface area contributed by atoms with Gasteiger partial charge in [0.15, 0.2) is 11.8 Å². The number of pyridine rings is 2. The summed E-state index contributed by atoms with van der Waals surface area (Å²) in [7, 11) is 1.57. The van der Waals surface area contributed by atoms with Crippen molar-refractivity contribution < 1.29 is 14.0 Å². The molecule has 2 aromatic rings. The van der Waals surface area contributed by atoms with E-state index in [4.69, 9.17) is 0 Å². The van der Waals surface area contributed by atoms with Gasteiger partial charge in [0.05, 0.1) is 5.69 Å². The van der Waals surface area contributed by atoms with E-state index in [-0.39, 0.29) is 17.3 Å². The highest BCUT2D eigenvalue weighted by Gasteiger charge is 2.23. The molecule has 2 aliphatic rings. The highest BCUT2D eigenvalue weighted by molar-refractivity contribution is 5.92. The molecule has 2 aliphatic heterocycles. The lowest BCUT2D eigenvalue weighted by Gasteiger charge is -2.27. The normalized spacial score (nSPS) is 15.8. The molecule has 2 aromatic heterocycles. The summed E-state index contributed by atoms with van der Waals surface area (Å²) in [5.41, 5.74) is 4.74. The second-order valence-electron chi connectivity index (χ2n) is 7.71. The van der Waals surface area contributed by atoms with Gasteiger partial charge in [-0.15, -0.1) is 0 Å². The van der Waals surface area contributed by atoms with Crippen molar-refractivity contribution in [1.29, 1.82) is 0 Å². The van der Waals surface area contributed by atoms with E-state index in [1.807, 2.05) is 18.9 Å². The third-order valence-corrected chi connectivity index (χ3v) is 5.76. The smallest absolute Gasteiger partial charge is 0.269 e. The Morgan fingerprint density at radius 2 is 2.16 bits per heavy atom. The van der Waals surface area contributed by atoms with Crippen LogP contribution in [0.2, 0.25) is 0 Å². The van der Waals surface area contributed by atoms with Crippen molar-refractivity contribution in [1.82, 2.24) is 20.2 Å². The first-order valence-electron chi connectivity index (χ1n) is 10.5. The Labute approximate surface area is 185 Å². The lowest BCUT2D eigenvalue weighted by molar-refractivity contribution is 0.0958. The van der Waals surface area contributed by atoms with Gasteiger partial charge in [-0.3, -0.25) is 19.7 Å². The fourth-order valence-corrected chi connectivity index (χ4v) is 3.90. The molecule has 4 rings (SSSR count). The number of halogens is 1. The Bertz CT molecular complexity index is 1160. The molecule has 4 heterocycles. The largest absolute Gasteiger partial charge is 0.354 e. The van der Waals surface area contributed by atoms with Gasteiger partial charge in [-0.05, 0) is 41.7 Å². The van der Waals surface area contributed by atoms with Crippen LogP contribution in [-0.2, 0) is 11.3 Å². The number of rotatable bonds is 5. The van der Waals surface area contributed by atoms with Crippen molar-refractivity contribution in [3.05, 3.63) is 70.2 Å². The molecular formula is C24H24FN5O2. The topological polar surface area (TPSA) is 87.2 Å². The number of amides is 1. The van der Waals surface area contributed by atoms with E-state index in [1.54, 1.807) is 31.6 Å². The van der Waals surface area contributed by atoms with Crippen molar-refractivity contribution in [3.8, 4) is 0 Å². The lowest BCUT2D eigenvalue weighted by atomic mass is 10.00. The fraction of sp³-hybridized carbons (Fsp3) is 0.292. The van der Waals surface area contributed by atoms with Crippen LogP contribution in [0.4, 0.5) is 10.1 Å². The maximum absolute atomic E-state index is 15.2. The monoisotopic (exact) mass is 433 g/mol. The van der Waals surface area contributed by atoms with Crippen LogP contribution in [0.1, 0.15) is 47.1 Å². The zero-order valence-electron chi connectivity index (χ0n) is 18.0. The molecule has 0 aliphatic carbocycles. The molecule has 0 saturated heterocycles. The highest BCUT2D eigenvalue weighted by Crippen LogP contribution is 2.32. The molecule has 0 radical (unpaired) electrons. The maximum Gasteiger partial charge on any atom is 0.269 e. The molecule has 0 fully saturated rings. The van der Waals surface area contributed by atoms with Crippen molar-refractivity contribution in [2.75, 3.05) is 25.5 Å². The molecule has 0 saturated carbocycles. The summed E-state index contributed by atoms with van der Waals surface area (Å²) in [5.74, 6) is 1.25. The van der Waals surface area contributed by atoms with Gasteiger partial charge in [-0.2, -0.15) is 0 Å². The van der Waals surface area contributed by atoms with Crippen LogP contribution in [0.5, 0.6) is 0 Å². The minimum atomic E-state index is -0.391. The predicted molar refractivity (Wildman–Crippen MR) is 121 cm³/mol. The molecule has 0 bridgehead atoms. The van der Waals surface area contributed by atoms with Crippen LogP contribution in [-0.4, -0.2) is 46.9 Å². The van der Waals surface area contributed by atoms with Gasteiger partial charge in [0.1, 0.15) is 17.1 Å². The van der Waals surface area contributed by atoms with Gasteiger partial charge in [-0.25, -0.2) is 9.18 Å². The van der Waals surface area contributed by atoms with E-state index in [0.29, 0.717) is 36.5 Å². The van der Waals surface area contributed by atoms with Crippen LogP contribution in [0, 0.1) is 5.82 Å². The number of carbonyl (C=O) groups is 1. The van der Waals surface area contributed by atoms with Gasteiger partial charge < -0.3 is 10.6 Å². The minimum absolute atomic E-state index is 0.215. The number of aromatic nitrogens is 2. The summed E-state index contributed by atoms with van der Waals surface area (Å²) < 4.78 is 15.2. The van der Waals surface area contributed by atoms with Gasteiger partial charge in [0, 0.05) is 44.6 Å². The average Bonchev–Trinajstić information content (AvgIpc) is 2.85. The number of nitrogens with zero attached hydrogens (tertiary/aromatic N) is 3. The molecule has 8 heteroatoms. The zero-order valence-corrected chi connectivity index (χ0v) is 18.0. The van der Waals surface area contributed by atoms with Crippen LogP contribution in [0.3, 0.4) is 0 Å². The van der Waals surface area contributed by atoms with E-state index < -0.39 is 5.82 Å². The standard InChI is InChI=1S/C24H24FN5O2/c1-3-15-10-20-23(29-21(15)14-31)22(25)18(12-28-20)13-30-8-6-16(7-9-30)17-4-5-19(27-11-17)24(32)26-2/h4-6,10-12,29H,3,7-9,13H2,1-2H3,(H,26,32). The number of nitrogens with one attached hydrogen (secondary N) is 2. The lowest BCUT2D eigenvalue weighted by Crippen LogP contribution is -2.29. The Morgan fingerprint density at radius 3 is 2.78 bits per heavy atom. The summed E-state index contributed by atoms with van der Waals surface area (Å²) in [6, 6.07) is 3.61. The third kappa shape index (κ3) is 4.23. The fourth-order valence-electron chi connectivity index (χ4n) is 3.90. The summed E-state index contributed by atoms with van der Waals surface area (Å²) >= 11 is 0. The summed E-state index contributed by atoms with van der Waals surface area (Å²) in [6.45, 7) is 3.75. The van der Waals surface area contributed by atoms with E-state index >= 15 is 4.39 Å². The second-order valence-corrected chi connectivity index (χ2v) is 7.71. The minimum Gasteiger partial charge on any atom is -0.354 e. The zero-order chi connectivity index (χ0) is 22.7. The SMILES string of the molecule is CCC1=Cc2ncc(CN3CC=C(c4ccc(C(=O)NC)nc4)CC3)c(F)c2NC1=C=O. The Hall–Kier alpha value is -3.61. The molecule has 0 spiro atoms. The number of carbonyl (C=O) groups excluding carboxylic acids is 2. The molecule has 2 N–H and O–H groups in total. The predicted octanol–water partition coefficient (Wildman–Crippen LogP) is 3.20. The van der Waals surface area contributed by atoms with Crippen molar-refractivity contribution in [2.24, 2.45) is 0 Å². The maximum atomic E-state index is 15.2. The van der Waals surface area contributed by atoms with Crippen LogP contribution >= 0.6 is 0 Å². The van der Waals surface area contributed by atoms with Crippen LogP contribution in [0.15, 0.2) is 41.9 Å². The van der Waals surface area contributed by atoms with Crippen molar-refractivity contribution in [3.63, 3.8) is 0 Å². The first kappa shape index (κ1) is 21.6. The Morgan fingerprint density at radius 1 is 1.31 bits per heavy atom. The van der Waals surface area contributed by atoms with E-state index in [2.05, 4.69) is 31.6 Å². The number of fused-ring (bicyclic) bond motifs is 1. The third-order valence-electron chi connectivity index (χ3n) is 5.76. The summed E-state index contributed by atoms with van der Waals surface area (Å²) in [4.78, 5) is 33.6. The van der Waals surface area contributed by atoms with Crippen molar-refractivity contribution >= 4 is 29.2 Å². The van der Waals surface area contributed by atoms with Crippen LogP contribution < -0.4 is 10.6 Å². The van der Waals surface area contributed by atoms with Gasteiger partial charge in [0.2, 0.25) is 0 Å². The van der Waals surface area contributed by atoms with E-state index in [9.17, 15) is 9.59 Å². The molecule has 0 aromatic carbocycles. The summed E-state index contributed by atoms with van der Waals surface area (Å²) in [6.07, 6.45) is 8.54. The first-order valence-corrected chi connectivity index (χ1v) is 10.5. The second kappa shape index (κ2) is 9.26. The molecule has 7 nitrogen and oxygen atoms in total. The molecule has 164 valence electrons. The number of allylic oxidation sites excluding steroid dienone is 1. The molecule has 0 atom stereocenters. The van der Waals surface area contributed by atoms with Crippen molar-refractivity contribution in [2.45, 2.75) is 26.3 Å². The Balaban J connectivity index is 1.47. The van der Waals surface area contributed by atoms with Gasteiger partial charge >= 0.3 is 0 Å². The molecule has 0 unspecified atom stereocenters. The molecule has 1 amide bonds. The summed E-state index contributed by atoms with van der Waals surface area (Å²) in [5, 5.41) is 5.42. The molecular weight excluding hydrogens is 409 g/mol. The number of anilines is 1.